The molecule has 138 valence electrons. The summed E-state index contributed by atoms with van der Waals surface area (Å²) in [6.45, 7) is 2.72. The summed E-state index contributed by atoms with van der Waals surface area (Å²) in [6.07, 6.45) is -2.43. The van der Waals surface area contributed by atoms with Gasteiger partial charge >= 0.3 is 0 Å². The maximum atomic E-state index is 10.8. The Kier molecular flexibility index (Phi) is 5.33. The lowest BCUT2D eigenvalue weighted by Gasteiger charge is -2.47. The van der Waals surface area contributed by atoms with E-state index < -0.39 is 24.8 Å². The van der Waals surface area contributed by atoms with E-state index in [4.69, 9.17) is 18.9 Å². The second-order valence-electron chi connectivity index (χ2n) is 6.87. The van der Waals surface area contributed by atoms with Crippen molar-refractivity contribution in [3.8, 4) is 0 Å². The maximum absolute atomic E-state index is 10.8. The van der Waals surface area contributed by atoms with Crippen LogP contribution in [0.3, 0.4) is 0 Å². The molecule has 4 rings (SSSR count). The average Bonchev–Trinajstić information content (AvgIpc) is 2.71. The molecule has 2 aromatic carbocycles. The standard InChI is InChI=1S/C21H24O5/c1-14-18(22)19-17(13-24-21(26-19)16-10-6-3-7-11-16)25-20(14)23-12-15-8-4-2-5-9-15/h2-11,14,17-22H,12-13H2,1H3/t14-,17?,18?,19+,20-,21?/m0/s1. The molecule has 26 heavy (non-hydrogen) atoms. The molecular weight excluding hydrogens is 332 g/mol. The predicted octanol–water partition coefficient (Wildman–Crippen LogP) is 3.04. The van der Waals surface area contributed by atoms with Crippen LogP contribution in [0.15, 0.2) is 60.7 Å². The van der Waals surface area contributed by atoms with Crippen molar-refractivity contribution in [2.75, 3.05) is 6.61 Å². The third kappa shape index (κ3) is 3.68. The fraction of sp³-hybridized carbons (Fsp3) is 0.429. The molecule has 2 aromatic rings. The van der Waals surface area contributed by atoms with Crippen LogP contribution in [0.5, 0.6) is 0 Å². The van der Waals surface area contributed by atoms with E-state index in [0.717, 1.165) is 11.1 Å². The smallest absolute Gasteiger partial charge is 0.184 e. The molecule has 2 saturated heterocycles. The number of aliphatic hydroxyl groups excluding tert-OH is 1. The Morgan fingerprint density at radius 3 is 2.42 bits per heavy atom. The van der Waals surface area contributed by atoms with Crippen LogP contribution < -0.4 is 0 Å². The molecule has 2 fully saturated rings. The predicted molar refractivity (Wildman–Crippen MR) is 95.1 cm³/mol. The van der Waals surface area contributed by atoms with Crippen LogP contribution in [0.1, 0.15) is 24.3 Å². The van der Waals surface area contributed by atoms with Gasteiger partial charge in [-0.3, -0.25) is 0 Å². The Morgan fingerprint density at radius 2 is 1.69 bits per heavy atom. The fourth-order valence-electron chi connectivity index (χ4n) is 3.45. The molecule has 0 saturated carbocycles. The topological polar surface area (TPSA) is 57.2 Å². The van der Waals surface area contributed by atoms with Gasteiger partial charge in [0, 0.05) is 11.5 Å². The number of benzene rings is 2. The molecule has 0 aliphatic carbocycles. The summed E-state index contributed by atoms with van der Waals surface area (Å²) in [5, 5.41) is 10.8. The lowest BCUT2D eigenvalue weighted by atomic mass is 9.91. The molecule has 3 unspecified atom stereocenters. The van der Waals surface area contributed by atoms with Gasteiger partial charge in [0.1, 0.15) is 12.2 Å². The van der Waals surface area contributed by atoms with E-state index in [-0.39, 0.29) is 12.0 Å². The zero-order chi connectivity index (χ0) is 17.9. The van der Waals surface area contributed by atoms with Gasteiger partial charge in [-0.2, -0.15) is 0 Å². The number of ether oxygens (including phenoxy) is 4. The Morgan fingerprint density at radius 1 is 1.00 bits per heavy atom. The minimum Gasteiger partial charge on any atom is -0.390 e. The third-order valence-electron chi connectivity index (χ3n) is 5.00. The second-order valence-corrected chi connectivity index (χ2v) is 6.87. The number of fused-ring (bicyclic) bond motifs is 1. The highest BCUT2D eigenvalue weighted by molar-refractivity contribution is 5.17. The zero-order valence-corrected chi connectivity index (χ0v) is 14.7. The Bertz CT molecular complexity index is 690. The minimum absolute atomic E-state index is 0.200. The van der Waals surface area contributed by atoms with Crippen molar-refractivity contribution in [2.24, 2.45) is 5.92 Å². The number of rotatable bonds is 4. The molecular formula is C21H24O5. The molecule has 0 aromatic heterocycles. The first-order chi connectivity index (χ1) is 12.7. The quantitative estimate of drug-likeness (QED) is 0.913. The van der Waals surface area contributed by atoms with E-state index in [0.29, 0.717) is 13.2 Å². The lowest BCUT2D eigenvalue weighted by molar-refractivity contribution is -0.353. The van der Waals surface area contributed by atoms with E-state index in [2.05, 4.69) is 0 Å². The monoisotopic (exact) mass is 356 g/mol. The van der Waals surface area contributed by atoms with Crippen molar-refractivity contribution in [3.05, 3.63) is 71.8 Å². The first-order valence-electron chi connectivity index (χ1n) is 9.03. The molecule has 1 N–H and O–H groups in total. The Balaban J connectivity index is 1.40. The summed E-state index contributed by atoms with van der Waals surface area (Å²) in [7, 11) is 0. The van der Waals surface area contributed by atoms with Crippen LogP contribution in [0.4, 0.5) is 0 Å². The summed E-state index contributed by atoms with van der Waals surface area (Å²) in [5.41, 5.74) is 2.01. The first-order valence-corrected chi connectivity index (χ1v) is 9.03. The average molecular weight is 356 g/mol. The van der Waals surface area contributed by atoms with Gasteiger partial charge in [-0.1, -0.05) is 67.6 Å². The van der Waals surface area contributed by atoms with Crippen LogP contribution in [0.2, 0.25) is 0 Å². The van der Waals surface area contributed by atoms with Gasteiger partial charge in [0.2, 0.25) is 0 Å². The van der Waals surface area contributed by atoms with Crippen LogP contribution >= 0.6 is 0 Å². The van der Waals surface area contributed by atoms with Gasteiger partial charge in [-0.25, -0.2) is 0 Å². The summed E-state index contributed by atoms with van der Waals surface area (Å²) >= 11 is 0. The molecule has 0 bridgehead atoms. The van der Waals surface area contributed by atoms with Gasteiger partial charge in [0.25, 0.3) is 0 Å². The van der Waals surface area contributed by atoms with Gasteiger partial charge < -0.3 is 24.1 Å². The van der Waals surface area contributed by atoms with E-state index in [1.165, 1.54) is 0 Å². The Labute approximate surface area is 153 Å². The Hall–Kier alpha value is -1.76. The van der Waals surface area contributed by atoms with Gasteiger partial charge in [0.15, 0.2) is 12.6 Å². The van der Waals surface area contributed by atoms with E-state index >= 15 is 0 Å². The van der Waals surface area contributed by atoms with E-state index in [1.807, 2.05) is 67.6 Å². The highest BCUT2D eigenvalue weighted by Crippen LogP contribution is 2.36. The van der Waals surface area contributed by atoms with Crippen LogP contribution in [-0.2, 0) is 25.6 Å². The molecule has 2 heterocycles. The second kappa shape index (κ2) is 7.86. The SMILES string of the molecule is C[C@H]1C(O)[C@@H]2OC(c3ccccc3)OCC2O[C@@H]1OCc1ccccc1. The number of hydrogen-bond donors (Lipinski definition) is 1. The molecule has 0 spiro atoms. The summed E-state index contributed by atoms with van der Waals surface area (Å²) in [6, 6.07) is 19.7. The third-order valence-corrected chi connectivity index (χ3v) is 5.00. The van der Waals surface area contributed by atoms with Gasteiger partial charge in [0.05, 0.1) is 19.3 Å². The van der Waals surface area contributed by atoms with Crippen molar-refractivity contribution in [3.63, 3.8) is 0 Å². The molecule has 2 aliphatic heterocycles. The number of hydrogen-bond acceptors (Lipinski definition) is 5. The largest absolute Gasteiger partial charge is 0.390 e. The first kappa shape index (κ1) is 17.6. The molecule has 5 heteroatoms. The molecule has 2 aliphatic rings. The van der Waals surface area contributed by atoms with Crippen molar-refractivity contribution in [1.29, 1.82) is 0 Å². The van der Waals surface area contributed by atoms with E-state index in [1.54, 1.807) is 0 Å². The van der Waals surface area contributed by atoms with Crippen LogP contribution in [-0.4, -0.2) is 36.3 Å². The summed E-state index contributed by atoms with van der Waals surface area (Å²) in [5.74, 6) is -0.200. The summed E-state index contributed by atoms with van der Waals surface area (Å²) in [4.78, 5) is 0. The van der Waals surface area contributed by atoms with Gasteiger partial charge in [-0.15, -0.1) is 0 Å². The molecule has 5 nitrogen and oxygen atoms in total. The van der Waals surface area contributed by atoms with Crippen molar-refractivity contribution in [1.82, 2.24) is 0 Å². The van der Waals surface area contributed by atoms with Crippen molar-refractivity contribution < 1.29 is 24.1 Å². The fourth-order valence-corrected chi connectivity index (χ4v) is 3.45. The van der Waals surface area contributed by atoms with Crippen LogP contribution in [0, 0.1) is 5.92 Å². The van der Waals surface area contributed by atoms with Crippen molar-refractivity contribution in [2.45, 2.75) is 44.4 Å². The zero-order valence-electron chi connectivity index (χ0n) is 14.7. The molecule has 0 radical (unpaired) electrons. The number of aliphatic hydroxyl groups is 1. The normalized spacial score (nSPS) is 34.2. The van der Waals surface area contributed by atoms with Crippen molar-refractivity contribution >= 4 is 0 Å². The highest BCUT2D eigenvalue weighted by atomic mass is 16.7. The van der Waals surface area contributed by atoms with Crippen LogP contribution in [0.25, 0.3) is 0 Å². The summed E-state index contributed by atoms with van der Waals surface area (Å²) < 4.78 is 23.8. The van der Waals surface area contributed by atoms with Gasteiger partial charge in [-0.05, 0) is 5.56 Å². The lowest BCUT2D eigenvalue weighted by Crippen LogP contribution is -2.59. The minimum atomic E-state index is -0.676. The molecule has 6 atom stereocenters. The molecule has 0 amide bonds. The van der Waals surface area contributed by atoms with E-state index in [9.17, 15) is 5.11 Å². The highest BCUT2D eigenvalue weighted by Gasteiger charge is 2.48. The maximum Gasteiger partial charge on any atom is 0.184 e.